The van der Waals surface area contributed by atoms with Crippen LogP contribution in [-0.2, 0) is 14.8 Å². The number of nitrogens with one attached hydrogen (secondary N) is 1. The monoisotopic (exact) mass is 486 g/mol. The van der Waals surface area contributed by atoms with Crippen LogP contribution >= 0.6 is 11.6 Å². The van der Waals surface area contributed by atoms with E-state index < -0.39 is 16.0 Å². The maximum Gasteiger partial charge on any atom is 0.303 e. The molecular weight excluding hydrogens is 460 g/mol. The summed E-state index contributed by atoms with van der Waals surface area (Å²) < 4.78 is 27.4. The third kappa shape index (κ3) is 7.67. The third-order valence-corrected chi connectivity index (χ3v) is 7.18. The predicted octanol–water partition coefficient (Wildman–Crippen LogP) is 5.50. The molecule has 0 amide bonds. The van der Waals surface area contributed by atoms with E-state index in [1.807, 2.05) is 30.3 Å². The molecule has 2 aromatic carbocycles. The number of hydrogen-bond donors (Lipinski definition) is 2. The van der Waals surface area contributed by atoms with Crippen molar-refractivity contribution in [2.24, 2.45) is 0 Å². The van der Waals surface area contributed by atoms with Gasteiger partial charge in [-0.1, -0.05) is 48.4 Å². The first-order valence-electron chi connectivity index (χ1n) is 10.8. The van der Waals surface area contributed by atoms with Gasteiger partial charge in [0, 0.05) is 30.4 Å². The highest BCUT2D eigenvalue weighted by Gasteiger charge is 2.16. The number of nitrogens with zero attached hydrogens (tertiary/aromatic N) is 1. The molecule has 2 N–H and O–H groups in total. The first kappa shape index (κ1) is 24.9. The highest BCUT2D eigenvalue weighted by Crippen LogP contribution is 2.30. The lowest BCUT2D eigenvalue weighted by Gasteiger charge is -2.18. The molecule has 0 fully saturated rings. The van der Waals surface area contributed by atoms with Crippen molar-refractivity contribution in [1.82, 2.24) is 9.71 Å². The molecule has 0 saturated carbocycles. The molecule has 0 bridgehead atoms. The topological polar surface area (TPSA) is 96.4 Å². The minimum atomic E-state index is -3.58. The second kappa shape index (κ2) is 11.9. The average Bonchev–Trinajstić information content (AvgIpc) is 2.81. The maximum atomic E-state index is 12.4. The lowest BCUT2D eigenvalue weighted by Crippen LogP contribution is -2.24. The molecule has 3 rings (SSSR count). The van der Waals surface area contributed by atoms with Crippen LogP contribution in [0.5, 0.6) is 0 Å². The zero-order valence-corrected chi connectivity index (χ0v) is 19.7. The lowest BCUT2D eigenvalue weighted by molar-refractivity contribution is -0.137. The van der Waals surface area contributed by atoms with Crippen LogP contribution in [-0.4, -0.2) is 31.0 Å². The number of sulfonamides is 1. The number of hydrogen-bond acceptors (Lipinski definition) is 4. The molecule has 1 aromatic heterocycles. The fraction of sp³-hybridized carbons (Fsp3) is 0.280. The van der Waals surface area contributed by atoms with E-state index in [1.165, 1.54) is 12.1 Å². The van der Waals surface area contributed by atoms with Crippen molar-refractivity contribution in [3.05, 3.63) is 83.6 Å². The molecule has 1 atom stereocenters. The molecule has 0 aliphatic rings. The first-order valence-corrected chi connectivity index (χ1v) is 12.7. The summed E-state index contributed by atoms with van der Waals surface area (Å²) in [6, 6.07) is 18.0. The summed E-state index contributed by atoms with van der Waals surface area (Å²) in [5, 5.41) is 9.65. The Kier molecular flexibility index (Phi) is 9.00. The van der Waals surface area contributed by atoms with Gasteiger partial charge >= 0.3 is 5.97 Å². The largest absolute Gasteiger partial charge is 0.481 e. The Hall–Kier alpha value is -2.74. The van der Waals surface area contributed by atoms with E-state index in [1.54, 1.807) is 24.5 Å². The van der Waals surface area contributed by atoms with Gasteiger partial charge in [-0.05, 0) is 72.2 Å². The average molecular weight is 487 g/mol. The van der Waals surface area contributed by atoms with Crippen LogP contribution in [0.15, 0.2) is 78.0 Å². The third-order valence-electron chi connectivity index (χ3n) is 5.45. The molecular formula is C25H27ClN2O4S. The van der Waals surface area contributed by atoms with Gasteiger partial charge in [-0.2, -0.15) is 0 Å². The number of rotatable bonds is 12. The fourth-order valence-electron chi connectivity index (χ4n) is 3.70. The van der Waals surface area contributed by atoms with Crippen molar-refractivity contribution in [2.45, 2.75) is 42.9 Å². The molecule has 0 aliphatic heterocycles. The summed E-state index contributed by atoms with van der Waals surface area (Å²) in [4.78, 5) is 15.5. The van der Waals surface area contributed by atoms with Crippen LogP contribution < -0.4 is 4.72 Å². The summed E-state index contributed by atoms with van der Waals surface area (Å²) in [7, 11) is -3.58. The molecule has 1 heterocycles. The van der Waals surface area contributed by atoms with E-state index in [4.69, 9.17) is 11.6 Å². The molecule has 0 radical (unpaired) electrons. The van der Waals surface area contributed by atoms with E-state index in [0.717, 1.165) is 29.5 Å². The van der Waals surface area contributed by atoms with Crippen molar-refractivity contribution in [3.8, 4) is 11.1 Å². The molecule has 0 saturated heterocycles. The number of halogens is 1. The number of carboxylic acids is 1. The van der Waals surface area contributed by atoms with Crippen molar-refractivity contribution in [3.63, 3.8) is 0 Å². The summed E-state index contributed by atoms with van der Waals surface area (Å²) in [5.74, 6) is -0.746. The van der Waals surface area contributed by atoms with E-state index in [9.17, 15) is 18.3 Å². The highest BCUT2D eigenvalue weighted by molar-refractivity contribution is 7.89. The quantitative estimate of drug-likeness (QED) is 0.329. The molecule has 0 spiro atoms. The number of benzene rings is 2. The molecule has 174 valence electrons. The van der Waals surface area contributed by atoms with Crippen molar-refractivity contribution in [1.29, 1.82) is 0 Å². The summed E-state index contributed by atoms with van der Waals surface area (Å²) in [6.45, 7) is 0.312. The Morgan fingerprint density at radius 3 is 2.45 bits per heavy atom. The molecule has 3 aromatic rings. The van der Waals surface area contributed by atoms with Crippen LogP contribution in [0.2, 0.25) is 5.02 Å². The Balaban J connectivity index is 1.59. The summed E-state index contributed by atoms with van der Waals surface area (Å²) in [6.07, 6.45) is 6.34. The van der Waals surface area contributed by atoms with Crippen LogP contribution in [0.1, 0.15) is 43.6 Å². The molecule has 6 nitrogen and oxygen atoms in total. The molecule has 0 aliphatic carbocycles. The van der Waals surface area contributed by atoms with E-state index in [2.05, 4.69) is 15.8 Å². The van der Waals surface area contributed by atoms with Crippen LogP contribution in [0, 0.1) is 0 Å². The minimum Gasteiger partial charge on any atom is -0.481 e. The number of aliphatic carboxylic acids is 1. The van der Waals surface area contributed by atoms with Gasteiger partial charge in [-0.25, -0.2) is 13.1 Å². The van der Waals surface area contributed by atoms with Gasteiger partial charge in [0.2, 0.25) is 10.0 Å². The van der Waals surface area contributed by atoms with E-state index in [0.29, 0.717) is 24.4 Å². The Bertz CT molecular complexity index is 1150. The van der Waals surface area contributed by atoms with Crippen LogP contribution in [0.3, 0.4) is 0 Å². The maximum absolute atomic E-state index is 12.4. The van der Waals surface area contributed by atoms with Gasteiger partial charge in [-0.3, -0.25) is 9.78 Å². The van der Waals surface area contributed by atoms with Gasteiger partial charge in [-0.15, -0.1) is 0 Å². The number of carboxylic acid groups (broad SMARTS) is 1. The number of carbonyl (C=O) groups is 1. The number of aromatic nitrogens is 1. The highest BCUT2D eigenvalue weighted by atomic mass is 35.5. The van der Waals surface area contributed by atoms with E-state index >= 15 is 0 Å². The van der Waals surface area contributed by atoms with Crippen molar-refractivity contribution in [2.75, 3.05) is 6.54 Å². The van der Waals surface area contributed by atoms with Gasteiger partial charge in [0.15, 0.2) is 0 Å². The Morgan fingerprint density at radius 1 is 1.00 bits per heavy atom. The molecule has 33 heavy (non-hydrogen) atoms. The van der Waals surface area contributed by atoms with E-state index in [-0.39, 0.29) is 17.2 Å². The predicted molar refractivity (Wildman–Crippen MR) is 130 cm³/mol. The van der Waals surface area contributed by atoms with Gasteiger partial charge < -0.3 is 5.11 Å². The Labute approximate surface area is 199 Å². The Morgan fingerprint density at radius 2 is 1.76 bits per heavy atom. The summed E-state index contributed by atoms with van der Waals surface area (Å²) in [5.41, 5.74) is 3.13. The van der Waals surface area contributed by atoms with Crippen molar-refractivity contribution < 1.29 is 18.3 Å². The number of pyridine rings is 1. The first-order chi connectivity index (χ1) is 15.8. The SMILES string of the molecule is O=C(O)CCC(CCCCNS(=O)(=O)c1ccc(Cl)cc1)c1cccc(-c2cccnc2)c1. The van der Waals surface area contributed by atoms with Gasteiger partial charge in [0.25, 0.3) is 0 Å². The number of unbranched alkanes of at least 4 members (excludes halogenated alkanes) is 1. The lowest BCUT2D eigenvalue weighted by atomic mass is 9.88. The smallest absolute Gasteiger partial charge is 0.303 e. The van der Waals surface area contributed by atoms with Crippen LogP contribution in [0.4, 0.5) is 0 Å². The second-order valence-electron chi connectivity index (χ2n) is 7.84. The van der Waals surface area contributed by atoms with Crippen LogP contribution in [0.25, 0.3) is 11.1 Å². The summed E-state index contributed by atoms with van der Waals surface area (Å²) >= 11 is 5.82. The minimum absolute atomic E-state index is 0.0746. The standard InChI is InChI=1S/C25H27ClN2O4S/c26-23-10-12-24(13-11-23)33(31,32)28-16-2-1-5-19(9-14-25(29)30)20-6-3-7-21(17-20)22-8-4-15-27-18-22/h3-4,6-8,10-13,15,17-19,28H,1-2,5,9,14,16H2,(H,29,30). The molecule has 1 unspecified atom stereocenters. The van der Waals surface area contributed by atoms with Gasteiger partial charge in [0.05, 0.1) is 4.90 Å². The normalized spacial score (nSPS) is 12.4. The zero-order chi connectivity index (χ0) is 23.7. The van der Waals surface area contributed by atoms with Crippen molar-refractivity contribution >= 4 is 27.6 Å². The fourth-order valence-corrected chi connectivity index (χ4v) is 4.90. The zero-order valence-electron chi connectivity index (χ0n) is 18.2. The van der Waals surface area contributed by atoms with Gasteiger partial charge in [0.1, 0.15) is 0 Å². The molecule has 8 heteroatoms. The second-order valence-corrected chi connectivity index (χ2v) is 10.0.